The highest BCUT2D eigenvalue weighted by Crippen LogP contribution is 2.21. The third-order valence-electron chi connectivity index (χ3n) is 3.17. The zero-order chi connectivity index (χ0) is 16.1. The van der Waals surface area contributed by atoms with Crippen LogP contribution in [0.2, 0.25) is 5.02 Å². The minimum absolute atomic E-state index is 0.0104. The first-order chi connectivity index (χ1) is 10.5. The molecule has 1 atom stereocenters. The van der Waals surface area contributed by atoms with Gasteiger partial charge in [-0.2, -0.15) is 0 Å². The number of nitro benzene ring substituents is 1. The van der Waals surface area contributed by atoms with Crippen molar-refractivity contribution in [1.29, 1.82) is 0 Å². The summed E-state index contributed by atoms with van der Waals surface area (Å²) in [5, 5.41) is 23.8. The van der Waals surface area contributed by atoms with E-state index >= 15 is 0 Å². The number of aliphatic hydroxyl groups is 1. The van der Waals surface area contributed by atoms with Crippen molar-refractivity contribution >= 4 is 17.3 Å². The number of benzene rings is 2. The number of hydrogen-bond acceptors (Lipinski definition) is 4. The Kier molecular flexibility index (Phi) is 5.43. The van der Waals surface area contributed by atoms with E-state index in [9.17, 15) is 19.6 Å². The summed E-state index contributed by atoms with van der Waals surface area (Å²) in [6.07, 6.45) is -0.936. The summed E-state index contributed by atoms with van der Waals surface area (Å²) in [6.45, 7) is 0.359. The highest BCUT2D eigenvalue weighted by atomic mass is 35.5. The van der Waals surface area contributed by atoms with Crippen molar-refractivity contribution in [2.24, 2.45) is 0 Å². The molecule has 7 heteroatoms. The molecule has 116 valence electrons. The smallest absolute Gasteiger partial charge is 0.273 e. The average molecular weight is 325 g/mol. The first kappa shape index (κ1) is 16.4. The van der Waals surface area contributed by atoms with Gasteiger partial charge in [0.25, 0.3) is 5.69 Å². The van der Waals surface area contributed by atoms with Crippen LogP contribution >= 0.6 is 11.6 Å². The summed E-state index contributed by atoms with van der Waals surface area (Å²) in [4.78, 5) is 10.4. The van der Waals surface area contributed by atoms with Gasteiger partial charge in [0, 0.05) is 24.7 Å². The minimum atomic E-state index is -0.936. The van der Waals surface area contributed by atoms with Crippen LogP contribution in [0.1, 0.15) is 17.2 Å². The van der Waals surface area contributed by atoms with Gasteiger partial charge in [0.05, 0.1) is 16.0 Å². The molecule has 0 aliphatic carbocycles. The van der Waals surface area contributed by atoms with E-state index in [2.05, 4.69) is 5.32 Å². The second kappa shape index (κ2) is 7.31. The van der Waals surface area contributed by atoms with E-state index in [1.54, 1.807) is 18.2 Å². The van der Waals surface area contributed by atoms with Gasteiger partial charge >= 0.3 is 0 Å². The molecule has 0 fully saturated rings. The Hall–Kier alpha value is -2.02. The molecule has 0 saturated heterocycles. The van der Waals surface area contributed by atoms with Crippen LogP contribution in [-0.2, 0) is 6.54 Å². The largest absolute Gasteiger partial charge is 0.387 e. The maximum absolute atomic E-state index is 13.3. The first-order valence-electron chi connectivity index (χ1n) is 6.55. The summed E-state index contributed by atoms with van der Waals surface area (Å²) in [5.41, 5.74) is 0.918. The van der Waals surface area contributed by atoms with Gasteiger partial charge in [0.1, 0.15) is 5.82 Å². The van der Waals surface area contributed by atoms with E-state index in [1.165, 1.54) is 24.3 Å². The zero-order valence-corrected chi connectivity index (χ0v) is 12.3. The van der Waals surface area contributed by atoms with E-state index in [4.69, 9.17) is 11.6 Å². The fourth-order valence-electron chi connectivity index (χ4n) is 2.02. The molecule has 5 nitrogen and oxygen atoms in total. The molecular formula is C15H14ClFN2O3. The summed E-state index contributed by atoms with van der Waals surface area (Å²) in [5.74, 6) is -0.600. The van der Waals surface area contributed by atoms with Gasteiger partial charge in [-0.05, 0) is 17.7 Å². The Balaban J connectivity index is 1.96. The molecule has 2 aromatic rings. The SMILES string of the molecule is O=[N+]([O-])c1ccccc1CNCC(O)c1ccc(Cl)c(F)c1. The van der Waals surface area contributed by atoms with Gasteiger partial charge in [0.2, 0.25) is 0 Å². The molecule has 0 aliphatic heterocycles. The predicted octanol–water partition coefficient (Wildman–Crippen LogP) is 3.21. The van der Waals surface area contributed by atoms with E-state index in [1.807, 2.05) is 0 Å². The highest BCUT2D eigenvalue weighted by molar-refractivity contribution is 6.30. The third kappa shape index (κ3) is 4.00. The van der Waals surface area contributed by atoms with Crippen LogP contribution in [-0.4, -0.2) is 16.6 Å². The normalized spacial score (nSPS) is 12.1. The van der Waals surface area contributed by atoms with Crippen molar-refractivity contribution in [3.05, 3.63) is 74.5 Å². The second-order valence-corrected chi connectivity index (χ2v) is 5.11. The molecule has 0 saturated carbocycles. The summed E-state index contributed by atoms with van der Waals surface area (Å²) in [6, 6.07) is 10.4. The van der Waals surface area contributed by atoms with E-state index in [-0.39, 0.29) is 23.8 Å². The summed E-state index contributed by atoms with van der Waals surface area (Å²) in [7, 11) is 0. The van der Waals surface area contributed by atoms with Crippen LogP contribution in [0.5, 0.6) is 0 Å². The highest BCUT2D eigenvalue weighted by Gasteiger charge is 2.13. The monoisotopic (exact) mass is 324 g/mol. The quantitative estimate of drug-likeness (QED) is 0.632. The fraction of sp³-hybridized carbons (Fsp3) is 0.200. The van der Waals surface area contributed by atoms with Crippen molar-refractivity contribution in [3.8, 4) is 0 Å². The molecule has 0 heterocycles. The van der Waals surface area contributed by atoms with Crippen LogP contribution < -0.4 is 5.32 Å². The molecule has 0 spiro atoms. The van der Waals surface area contributed by atoms with Crippen LogP contribution in [0.25, 0.3) is 0 Å². The number of rotatable bonds is 6. The Bertz CT molecular complexity index is 682. The second-order valence-electron chi connectivity index (χ2n) is 4.71. The van der Waals surface area contributed by atoms with Gasteiger partial charge in [-0.15, -0.1) is 0 Å². The number of nitrogens with zero attached hydrogens (tertiary/aromatic N) is 1. The fourth-order valence-corrected chi connectivity index (χ4v) is 2.14. The van der Waals surface area contributed by atoms with Crippen LogP contribution in [0.4, 0.5) is 10.1 Å². The lowest BCUT2D eigenvalue weighted by atomic mass is 10.1. The lowest BCUT2D eigenvalue weighted by Gasteiger charge is -2.13. The van der Waals surface area contributed by atoms with E-state index < -0.39 is 16.8 Å². The van der Waals surface area contributed by atoms with Gasteiger partial charge in [0.15, 0.2) is 0 Å². The maximum atomic E-state index is 13.3. The molecule has 0 aliphatic rings. The molecule has 0 radical (unpaired) electrons. The maximum Gasteiger partial charge on any atom is 0.273 e. The Morgan fingerprint density at radius 1 is 1.32 bits per heavy atom. The number of aliphatic hydroxyl groups excluding tert-OH is 1. The van der Waals surface area contributed by atoms with Gasteiger partial charge in [-0.25, -0.2) is 4.39 Å². The van der Waals surface area contributed by atoms with Gasteiger partial charge in [-0.1, -0.05) is 35.9 Å². The van der Waals surface area contributed by atoms with Crippen molar-refractivity contribution in [3.63, 3.8) is 0 Å². The Morgan fingerprint density at radius 3 is 2.73 bits per heavy atom. The number of hydrogen-bond donors (Lipinski definition) is 2. The molecule has 0 amide bonds. The molecule has 0 aromatic heterocycles. The molecule has 1 unspecified atom stereocenters. The topological polar surface area (TPSA) is 75.4 Å². The predicted molar refractivity (Wildman–Crippen MR) is 81.2 cm³/mol. The molecular weight excluding hydrogens is 311 g/mol. The van der Waals surface area contributed by atoms with E-state index in [0.717, 1.165) is 0 Å². The lowest BCUT2D eigenvalue weighted by molar-refractivity contribution is -0.385. The van der Waals surface area contributed by atoms with Gasteiger partial charge in [-0.3, -0.25) is 10.1 Å². The van der Waals surface area contributed by atoms with Crippen LogP contribution in [0.15, 0.2) is 42.5 Å². The summed E-state index contributed by atoms with van der Waals surface area (Å²) >= 11 is 5.58. The van der Waals surface area contributed by atoms with Crippen LogP contribution in [0.3, 0.4) is 0 Å². The Labute approximate surface area is 131 Å². The zero-order valence-electron chi connectivity index (χ0n) is 11.5. The van der Waals surface area contributed by atoms with Crippen molar-refractivity contribution in [1.82, 2.24) is 5.32 Å². The molecule has 2 N–H and O–H groups in total. The summed E-state index contributed by atoms with van der Waals surface area (Å²) < 4.78 is 13.3. The lowest BCUT2D eigenvalue weighted by Crippen LogP contribution is -2.21. The molecule has 22 heavy (non-hydrogen) atoms. The first-order valence-corrected chi connectivity index (χ1v) is 6.93. The average Bonchev–Trinajstić information content (AvgIpc) is 2.50. The minimum Gasteiger partial charge on any atom is -0.387 e. The molecule has 2 aromatic carbocycles. The van der Waals surface area contributed by atoms with E-state index in [0.29, 0.717) is 11.1 Å². The molecule has 2 rings (SSSR count). The van der Waals surface area contributed by atoms with Gasteiger partial charge < -0.3 is 10.4 Å². The number of nitrogens with one attached hydrogen (secondary N) is 1. The van der Waals surface area contributed by atoms with Crippen molar-refractivity contribution in [2.75, 3.05) is 6.54 Å². The number of nitro groups is 1. The standard InChI is InChI=1S/C15H14ClFN2O3/c16-12-6-5-10(7-13(12)17)15(20)9-18-8-11-3-1-2-4-14(11)19(21)22/h1-7,15,18,20H,8-9H2. The van der Waals surface area contributed by atoms with Crippen molar-refractivity contribution < 1.29 is 14.4 Å². The third-order valence-corrected chi connectivity index (χ3v) is 3.48. The number of para-hydroxylation sites is 1. The molecule has 0 bridgehead atoms. The van der Waals surface area contributed by atoms with Crippen LogP contribution in [0, 0.1) is 15.9 Å². The number of halogens is 2. The van der Waals surface area contributed by atoms with Crippen molar-refractivity contribution in [2.45, 2.75) is 12.6 Å². The Morgan fingerprint density at radius 2 is 2.05 bits per heavy atom.